The van der Waals surface area contributed by atoms with Crippen molar-refractivity contribution in [1.82, 2.24) is 14.9 Å². The van der Waals surface area contributed by atoms with Gasteiger partial charge in [-0.05, 0) is 43.4 Å². The first-order chi connectivity index (χ1) is 9.88. The monoisotopic (exact) mass is 269 g/mol. The topological polar surface area (TPSA) is 29.9 Å². The highest BCUT2D eigenvalue weighted by Gasteiger charge is 2.20. The molecule has 0 fully saturated rings. The second-order valence-electron chi connectivity index (χ2n) is 5.63. The van der Waals surface area contributed by atoms with Crippen molar-refractivity contribution in [2.75, 3.05) is 6.54 Å². The molecule has 1 N–H and O–H groups in total. The Bertz CT molecular complexity index is 559. The van der Waals surface area contributed by atoms with Crippen LogP contribution in [0.3, 0.4) is 0 Å². The molecule has 1 aliphatic rings. The van der Waals surface area contributed by atoms with Gasteiger partial charge in [0.05, 0.1) is 12.0 Å². The van der Waals surface area contributed by atoms with Gasteiger partial charge in [-0.15, -0.1) is 0 Å². The zero-order valence-electron chi connectivity index (χ0n) is 12.2. The molecular formula is C17H23N3. The van der Waals surface area contributed by atoms with Crippen molar-refractivity contribution in [2.24, 2.45) is 0 Å². The molecule has 3 heteroatoms. The number of imidazole rings is 1. The molecule has 0 saturated carbocycles. The Hall–Kier alpha value is -1.61. The van der Waals surface area contributed by atoms with Crippen LogP contribution < -0.4 is 5.32 Å². The first-order valence-electron chi connectivity index (χ1n) is 7.66. The molecule has 0 saturated heterocycles. The van der Waals surface area contributed by atoms with Gasteiger partial charge >= 0.3 is 0 Å². The van der Waals surface area contributed by atoms with Gasteiger partial charge < -0.3 is 9.88 Å². The molecule has 1 heterocycles. The highest BCUT2D eigenvalue weighted by Crippen LogP contribution is 2.29. The number of fused-ring (bicyclic) bond motifs is 1. The van der Waals surface area contributed by atoms with E-state index in [1.54, 1.807) is 0 Å². The zero-order valence-corrected chi connectivity index (χ0v) is 12.2. The lowest BCUT2D eigenvalue weighted by Crippen LogP contribution is -2.22. The lowest BCUT2D eigenvalue weighted by Gasteiger charge is -2.27. The number of aryl methyl sites for hydroxylation is 1. The zero-order chi connectivity index (χ0) is 13.8. The fraction of sp³-hybridized carbons (Fsp3) is 0.471. The molecule has 1 unspecified atom stereocenters. The summed E-state index contributed by atoms with van der Waals surface area (Å²) >= 11 is 0. The third-order valence-corrected chi connectivity index (χ3v) is 4.19. The van der Waals surface area contributed by atoms with Crippen LogP contribution in [0.1, 0.15) is 42.6 Å². The van der Waals surface area contributed by atoms with Crippen molar-refractivity contribution in [3.05, 3.63) is 53.6 Å². The number of rotatable bonds is 5. The second kappa shape index (κ2) is 6.23. The fourth-order valence-corrected chi connectivity index (χ4v) is 3.11. The van der Waals surface area contributed by atoms with Crippen molar-refractivity contribution in [1.29, 1.82) is 0 Å². The van der Waals surface area contributed by atoms with Crippen LogP contribution in [0.2, 0.25) is 0 Å². The summed E-state index contributed by atoms with van der Waals surface area (Å²) in [5.41, 5.74) is 4.34. The molecule has 106 valence electrons. The Balaban J connectivity index is 1.73. The smallest absolute Gasteiger partial charge is 0.0951 e. The molecule has 1 aromatic carbocycles. The van der Waals surface area contributed by atoms with Crippen LogP contribution in [0.15, 0.2) is 36.8 Å². The maximum atomic E-state index is 4.35. The summed E-state index contributed by atoms with van der Waals surface area (Å²) in [6.07, 6.45) is 8.71. The van der Waals surface area contributed by atoms with Crippen molar-refractivity contribution >= 4 is 0 Å². The average molecular weight is 269 g/mol. The summed E-state index contributed by atoms with van der Waals surface area (Å²) < 4.78 is 2.37. The van der Waals surface area contributed by atoms with Crippen LogP contribution in [0.4, 0.5) is 0 Å². The van der Waals surface area contributed by atoms with E-state index in [1.165, 1.54) is 36.1 Å². The molecular weight excluding hydrogens is 246 g/mol. The van der Waals surface area contributed by atoms with Gasteiger partial charge in [-0.2, -0.15) is 0 Å². The highest BCUT2D eigenvalue weighted by atomic mass is 15.1. The predicted octanol–water partition coefficient (Wildman–Crippen LogP) is 3.11. The molecule has 1 aromatic heterocycles. The third kappa shape index (κ3) is 2.78. The van der Waals surface area contributed by atoms with Gasteiger partial charge in [-0.1, -0.05) is 31.2 Å². The molecule has 0 bridgehead atoms. The summed E-state index contributed by atoms with van der Waals surface area (Å²) in [4.78, 5) is 4.35. The van der Waals surface area contributed by atoms with Gasteiger partial charge in [0, 0.05) is 18.8 Å². The summed E-state index contributed by atoms with van der Waals surface area (Å²) in [7, 11) is 0. The minimum absolute atomic E-state index is 0.561. The van der Waals surface area contributed by atoms with Gasteiger partial charge in [-0.3, -0.25) is 0 Å². The van der Waals surface area contributed by atoms with E-state index in [0.717, 1.165) is 19.5 Å². The largest absolute Gasteiger partial charge is 0.330 e. The van der Waals surface area contributed by atoms with E-state index in [0.29, 0.717) is 6.04 Å². The van der Waals surface area contributed by atoms with Crippen molar-refractivity contribution in [2.45, 2.75) is 45.2 Å². The Labute approximate surface area is 121 Å². The molecule has 1 atom stereocenters. The number of nitrogens with zero attached hydrogens (tertiary/aromatic N) is 2. The van der Waals surface area contributed by atoms with E-state index < -0.39 is 0 Å². The maximum Gasteiger partial charge on any atom is 0.0951 e. The summed E-state index contributed by atoms with van der Waals surface area (Å²) in [6.45, 7) is 4.19. The van der Waals surface area contributed by atoms with E-state index in [9.17, 15) is 0 Å². The van der Waals surface area contributed by atoms with Gasteiger partial charge in [-0.25, -0.2) is 4.98 Å². The first-order valence-corrected chi connectivity index (χ1v) is 7.66. The lowest BCUT2D eigenvalue weighted by atomic mass is 9.88. The molecule has 0 aliphatic heterocycles. The molecule has 20 heavy (non-hydrogen) atoms. The number of nitrogens with one attached hydrogen (secondary N) is 1. The molecule has 0 amide bonds. The van der Waals surface area contributed by atoms with Crippen LogP contribution >= 0.6 is 0 Å². The molecule has 1 aliphatic carbocycles. The normalized spacial score (nSPS) is 17.9. The molecule has 0 radical (unpaired) electrons. The quantitative estimate of drug-likeness (QED) is 0.845. The summed E-state index contributed by atoms with van der Waals surface area (Å²) in [5.74, 6) is 0. The van der Waals surface area contributed by atoms with E-state index in [2.05, 4.69) is 46.1 Å². The maximum absolute atomic E-state index is 4.35. The van der Waals surface area contributed by atoms with Crippen LogP contribution in [0.25, 0.3) is 0 Å². The number of benzene rings is 1. The minimum atomic E-state index is 0.561. The lowest BCUT2D eigenvalue weighted by molar-refractivity contribution is 0.426. The van der Waals surface area contributed by atoms with E-state index in [4.69, 9.17) is 0 Å². The Kier molecular flexibility index (Phi) is 4.16. The van der Waals surface area contributed by atoms with Crippen molar-refractivity contribution in [3.8, 4) is 0 Å². The van der Waals surface area contributed by atoms with E-state index in [-0.39, 0.29) is 0 Å². The summed E-state index contributed by atoms with van der Waals surface area (Å²) in [6, 6.07) is 9.40. The third-order valence-electron chi connectivity index (χ3n) is 4.19. The molecule has 3 nitrogen and oxygen atoms in total. The van der Waals surface area contributed by atoms with Crippen LogP contribution in [0, 0.1) is 0 Å². The highest BCUT2D eigenvalue weighted by molar-refractivity contribution is 5.30. The van der Waals surface area contributed by atoms with Crippen LogP contribution in [-0.4, -0.2) is 16.1 Å². The Morgan fingerprint density at radius 2 is 2.15 bits per heavy atom. The predicted molar refractivity (Wildman–Crippen MR) is 81.7 cm³/mol. The molecule has 0 spiro atoms. The average Bonchev–Trinajstić information content (AvgIpc) is 2.95. The van der Waals surface area contributed by atoms with E-state index in [1.807, 2.05) is 12.5 Å². The minimum Gasteiger partial charge on any atom is -0.330 e. The van der Waals surface area contributed by atoms with E-state index >= 15 is 0 Å². The molecule has 2 aromatic rings. The van der Waals surface area contributed by atoms with Crippen molar-refractivity contribution in [3.63, 3.8) is 0 Å². The molecule has 3 rings (SSSR count). The Morgan fingerprint density at radius 3 is 3.00 bits per heavy atom. The van der Waals surface area contributed by atoms with Crippen LogP contribution in [-0.2, 0) is 19.4 Å². The van der Waals surface area contributed by atoms with Gasteiger partial charge in [0.25, 0.3) is 0 Å². The SMILES string of the molecule is CCCNCc1cncn1C1CCc2ccccc2C1. The Morgan fingerprint density at radius 1 is 1.30 bits per heavy atom. The number of hydrogen-bond donors (Lipinski definition) is 1. The fourth-order valence-electron chi connectivity index (χ4n) is 3.11. The van der Waals surface area contributed by atoms with Gasteiger partial charge in [0.2, 0.25) is 0 Å². The summed E-state index contributed by atoms with van der Waals surface area (Å²) in [5, 5.41) is 3.48. The van der Waals surface area contributed by atoms with Crippen molar-refractivity contribution < 1.29 is 0 Å². The van der Waals surface area contributed by atoms with Gasteiger partial charge in [0.1, 0.15) is 0 Å². The van der Waals surface area contributed by atoms with Crippen LogP contribution in [0.5, 0.6) is 0 Å². The standard InChI is InChI=1S/C17H23N3/c1-2-9-18-11-17-12-19-13-20(17)16-8-7-14-5-3-4-6-15(14)10-16/h3-6,12-13,16,18H,2,7-11H2,1H3. The number of hydrogen-bond acceptors (Lipinski definition) is 2. The second-order valence-corrected chi connectivity index (χ2v) is 5.63. The first kappa shape index (κ1) is 13.4. The number of aromatic nitrogens is 2. The van der Waals surface area contributed by atoms with Gasteiger partial charge in [0.15, 0.2) is 0 Å².